The normalized spacial score (nSPS) is 13.6. The van der Waals surface area contributed by atoms with Gasteiger partial charge in [-0.1, -0.05) is 13.8 Å². The van der Waals surface area contributed by atoms with E-state index in [0.717, 1.165) is 22.6 Å². The predicted molar refractivity (Wildman–Crippen MR) is 98.9 cm³/mol. The van der Waals surface area contributed by atoms with Gasteiger partial charge < -0.3 is 14.4 Å². The standard InChI is InChI=1S/C18H23N3O3S/c1-11(2)16-9-19-17(25-16)20-18(22)21-6-5-12-7-14(23-3)15(24-4)8-13(12)10-21/h7-9,11H,5-6,10H2,1-4H3,(H,19,20,22). The number of aromatic nitrogens is 1. The molecule has 2 heterocycles. The summed E-state index contributed by atoms with van der Waals surface area (Å²) in [6.45, 7) is 5.44. The number of methoxy groups -OCH3 is 2. The molecule has 0 atom stereocenters. The summed E-state index contributed by atoms with van der Waals surface area (Å²) >= 11 is 1.52. The van der Waals surface area contributed by atoms with Crippen molar-refractivity contribution >= 4 is 22.5 Å². The topological polar surface area (TPSA) is 63.7 Å². The van der Waals surface area contributed by atoms with Gasteiger partial charge in [0.1, 0.15) is 0 Å². The van der Waals surface area contributed by atoms with Gasteiger partial charge in [0.15, 0.2) is 16.6 Å². The number of ether oxygens (including phenoxy) is 2. The fourth-order valence-electron chi connectivity index (χ4n) is 2.84. The highest BCUT2D eigenvalue weighted by Gasteiger charge is 2.23. The lowest BCUT2D eigenvalue weighted by atomic mass is 9.99. The maximum absolute atomic E-state index is 12.6. The summed E-state index contributed by atoms with van der Waals surface area (Å²) in [5.74, 6) is 1.82. The second kappa shape index (κ2) is 7.31. The zero-order valence-electron chi connectivity index (χ0n) is 15.0. The first-order valence-electron chi connectivity index (χ1n) is 8.27. The van der Waals surface area contributed by atoms with E-state index in [1.54, 1.807) is 19.1 Å². The highest BCUT2D eigenvalue weighted by atomic mass is 32.1. The minimum atomic E-state index is -0.120. The number of nitrogens with zero attached hydrogens (tertiary/aromatic N) is 2. The van der Waals surface area contributed by atoms with Crippen LogP contribution in [0.3, 0.4) is 0 Å². The third-order valence-electron chi connectivity index (χ3n) is 4.31. The number of nitrogens with one attached hydrogen (secondary N) is 1. The summed E-state index contributed by atoms with van der Waals surface area (Å²) in [4.78, 5) is 19.8. The first-order chi connectivity index (χ1) is 12.0. The summed E-state index contributed by atoms with van der Waals surface area (Å²) in [5, 5.41) is 3.55. The van der Waals surface area contributed by atoms with Gasteiger partial charge >= 0.3 is 6.03 Å². The lowest BCUT2D eigenvalue weighted by molar-refractivity contribution is 0.206. The second-order valence-corrected chi connectivity index (χ2v) is 7.36. The second-order valence-electron chi connectivity index (χ2n) is 6.30. The molecule has 2 aromatic rings. The smallest absolute Gasteiger partial charge is 0.323 e. The van der Waals surface area contributed by atoms with Crippen LogP contribution in [0.1, 0.15) is 35.8 Å². The Bertz CT molecular complexity index is 773. The van der Waals surface area contributed by atoms with Gasteiger partial charge in [-0.05, 0) is 35.6 Å². The van der Waals surface area contributed by atoms with E-state index in [1.807, 2.05) is 18.3 Å². The molecule has 1 aliphatic rings. The molecular weight excluding hydrogens is 338 g/mol. The van der Waals surface area contributed by atoms with E-state index in [0.29, 0.717) is 29.9 Å². The maximum Gasteiger partial charge on any atom is 0.323 e. The molecule has 25 heavy (non-hydrogen) atoms. The van der Waals surface area contributed by atoms with E-state index in [4.69, 9.17) is 9.47 Å². The Morgan fingerprint density at radius 3 is 2.52 bits per heavy atom. The summed E-state index contributed by atoms with van der Waals surface area (Å²) < 4.78 is 10.7. The molecule has 3 rings (SSSR count). The van der Waals surface area contributed by atoms with Gasteiger partial charge in [0.2, 0.25) is 0 Å². The zero-order chi connectivity index (χ0) is 18.0. The van der Waals surface area contributed by atoms with Crippen LogP contribution < -0.4 is 14.8 Å². The molecule has 1 N–H and O–H groups in total. The monoisotopic (exact) mass is 361 g/mol. The Hall–Kier alpha value is -2.28. The average molecular weight is 361 g/mol. The predicted octanol–water partition coefficient (Wildman–Crippen LogP) is 3.87. The Morgan fingerprint density at radius 2 is 1.92 bits per heavy atom. The number of rotatable bonds is 4. The van der Waals surface area contributed by atoms with Crippen molar-refractivity contribution in [1.82, 2.24) is 9.88 Å². The van der Waals surface area contributed by atoms with E-state index in [2.05, 4.69) is 24.1 Å². The maximum atomic E-state index is 12.6. The van der Waals surface area contributed by atoms with Crippen LogP contribution in [-0.4, -0.2) is 36.7 Å². The van der Waals surface area contributed by atoms with E-state index >= 15 is 0 Å². The van der Waals surface area contributed by atoms with Gasteiger partial charge in [-0.25, -0.2) is 9.78 Å². The molecule has 0 saturated carbocycles. The number of benzene rings is 1. The molecule has 6 nitrogen and oxygen atoms in total. The van der Waals surface area contributed by atoms with E-state index in [9.17, 15) is 4.79 Å². The number of carbonyl (C=O) groups is 1. The Kier molecular flexibility index (Phi) is 5.13. The molecule has 0 spiro atoms. The minimum absolute atomic E-state index is 0.120. The van der Waals surface area contributed by atoms with Crippen molar-refractivity contribution in [3.8, 4) is 11.5 Å². The first-order valence-corrected chi connectivity index (χ1v) is 9.09. The first kappa shape index (κ1) is 17.5. The van der Waals surface area contributed by atoms with Crippen molar-refractivity contribution in [1.29, 1.82) is 0 Å². The quantitative estimate of drug-likeness (QED) is 0.898. The largest absolute Gasteiger partial charge is 0.493 e. The van der Waals surface area contributed by atoms with E-state index in [1.165, 1.54) is 16.9 Å². The van der Waals surface area contributed by atoms with Crippen LogP contribution in [0.2, 0.25) is 0 Å². The Labute approximate surface area is 151 Å². The van der Waals surface area contributed by atoms with Crippen molar-refractivity contribution in [3.63, 3.8) is 0 Å². The molecule has 1 aromatic heterocycles. The van der Waals surface area contributed by atoms with Crippen molar-refractivity contribution in [3.05, 3.63) is 34.3 Å². The van der Waals surface area contributed by atoms with Crippen molar-refractivity contribution in [2.45, 2.75) is 32.7 Å². The molecule has 0 bridgehead atoms. The van der Waals surface area contributed by atoms with Crippen LogP contribution in [0.15, 0.2) is 18.3 Å². The number of thiazole rings is 1. The Morgan fingerprint density at radius 1 is 1.24 bits per heavy atom. The molecule has 134 valence electrons. The highest BCUT2D eigenvalue weighted by Crippen LogP contribution is 2.33. The molecule has 0 aliphatic carbocycles. The number of fused-ring (bicyclic) bond motifs is 1. The minimum Gasteiger partial charge on any atom is -0.493 e. The van der Waals surface area contributed by atoms with E-state index in [-0.39, 0.29) is 6.03 Å². The van der Waals surface area contributed by atoms with Crippen LogP contribution in [-0.2, 0) is 13.0 Å². The average Bonchev–Trinajstić information content (AvgIpc) is 3.08. The molecular formula is C18H23N3O3S. The van der Waals surface area contributed by atoms with Crippen LogP contribution in [0.4, 0.5) is 9.93 Å². The van der Waals surface area contributed by atoms with E-state index < -0.39 is 0 Å². The number of hydrogen-bond donors (Lipinski definition) is 1. The number of hydrogen-bond acceptors (Lipinski definition) is 5. The number of urea groups is 1. The molecule has 7 heteroatoms. The summed E-state index contributed by atoms with van der Waals surface area (Å²) in [6.07, 6.45) is 2.62. The summed E-state index contributed by atoms with van der Waals surface area (Å²) in [7, 11) is 3.25. The molecule has 0 fully saturated rings. The van der Waals surface area contributed by atoms with Gasteiger partial charge in [-0.3, -0.25) is 5.32 Å². The van der Waals surface area contributed by atoms with Crippen LogP contribution in [0.5, 0.6) is 11.5 Å². The number of amides is 2. The van der Waals surface area contributed by atoms with Crippen LogP contribution >= 0.6 is 11.3 Å². The highest BCUT2D eigenvalue weighted by molar-refractivity contribution is 7.15. The van der Waals surface area contributed by atoms with Gasteiger partial charge in [0, 0.05) is 24.2 Å². The number of anilines is 1. The third kappa shape index (κ3) is 3.71. The lowest BCUT2D eigenvalue weighted by Gasteiger charge is -2.29. The molecule has 0 unspecified atom stereocenters. The van der Waals surface area contributed by atoms with Gasteiger partial charge in [0.25, 0.3) is 0 Å². The van der Waals surface area contributed by atoms with Gasteiger partial charge in [-0.2, -0.15) is 0 Å². The molecule has 0 radical (unpaired) electrons. The molecule has 1 aromatic carbocycles. The molecule has 1 aliphatic heterocycles. The summed E-state index contributed by atoms with van der Waals surface area (Å²) in [5.41, 5.74) is 2.28. The number of carbonyl (C=O) groups excluding carboxylic acids is 1. The molecule has 2 amide bonds. The third-order valence-corrected chi connectivity index (χ3v) is 5.53. The van der Waals surface area contributed by atoms with Crippen LogP contribution in [0, 0.1) is 0 Å². The van der Waals surface area contributed by atoms with Crippen molar-refractivity contribution in [2.75, 3.05) is 26.1 Å². The Balaban J connectivity index is 1.72. The SMILES string of the molecule is COc1cc2c(cc1OC)CN(C(=O)Nc1ncc(C(C)C)s1)CC2. The molecule has 0 saturated heterocycles. The van der Waals surface area contributed by atoms with Crippen molar-refractivity contribution in [2.24, 2.45) is 0 Å². The van der Waals surface area contributed by atoms with Gasteiger partial charge in [0.05, 0.1) is 14.2 Å². The van der Waals surface area contributed by atoms with Gasteiger partial charge in [-0.15, -0.1) is 11.3 Å². The van der Waals surface area contributed by atoms with Crippen LogP contribution in [0.25, 0.3) is 0 Å². The fourth-order valence-corrected chi connectivity index (χ4v) is 3.65. The lowest BCUT2D eigenvalue weighted by Crippen LogP contribution is -2.38. The van der Waals surface area contributed by atoms with Crippen molar-refractivity contribution < 1.29 is 14.3 Å². The zero-order valence-corrected chi connectivity index (χ0v) is 15.8. The summed E-state index contributed by atoms with van der Waals surface area (Å²) in [6, 6.07) is 3.83. The fraction of sp³-hybridized carbons (Fsp3) is 0.444.